The molecule has 0 aliphatic carbocycles. The topological polar surface area (TPSA) is 71.2 Å². The fraction of sp³-hybridized carbons (Fsp3) is 0.467. The monoisotopic (exact) mass is 272 g/mol. The van der Waals surface area contributed by atoms with Gasteiger partial charge in [-0.25, -0.2) is 4.98 Å². The van der Waals surface area contributed by atoms with Crippen molar-refractivity contribution < 1.29 is 4.79 Å². The number of nitrogens with one attached hydrogen (secondary N) is 1. The molecule has 0 saturated carbocycles. The zero-order valence-corrected chi connectivity index (χ0v) is 11.7. The predicted octanol–water partition coefficient (Wildman–Crippen LogP) is 0.216. The maximum Gasteiger partial charge on any atom is 0.270 e. The molecule has 0 unspecified atom stereocenters. The largest absolute Gasteiger partial charge is 0.348 e. The highest BCUT2D eigenvalue weighted by Crippen LogP contribution is 2.09. The van der Waals surface area contributed by atoms with Crippen LogP contribution >= 0.6 is 0 Å². The van der Waals surface area contributed by atoms with Gasteiger partial charge >= 0.3 is 0 Å². The van der Waals surface area contributed by atoms with Gasteiger partial charge in [-0.3, -0.25) is 4.79 Å². The van der Waals surface area contributed by atoms with Crippen molar-refractivity contribution >= 4 is 5.91 Å². The highest BCUT2D eigenvalue weighted by molar-refractivity contribution is 5.92. The second kappa shape index (κ2) is 7.04. The molecule has 0 atom stereocenters. The molecule has 0 radical (unpaired) electrons. The van der Waals surface area contributed by atoms with Crippen LogP contribution < -0.4 is 11.1 Å². The first-order valence-corrected chi connectivity index (χ1v) is 6.83. The van der Waals surface area contributed by atoms with E-state index in [1.165, 1.54) is 0 Å². The molecule has 1 amide bonds. The van der Waals surface area contributed by atoms with Crippen LogP contribution in [-0.2, 0) is 0 Å². The maximum atomic E-state index is 12.1. The van der Waals surface area contributed by atoms with Gasteiger partial charge in [-0.15, -0.1) is 0 Å². The molecule has 1 aliphatic heterocycles. The molecular formula is C15H20N4O. The summed E-state index contributed by atoms with van der Waals surface area (Å²) in [6.07, 6.45) is 3.58. The lowest BCUT2D eigenvalue weighted by molar-refractivity contribution is 0.0912. The van der Waals surface area contributed by atoms with Gasteiger partial charge in [0.1, 0.15) is 5.69 Å². The van der Waals surface area contributed by atoms with Crippen molar-refractivity contribution in [1.82, 2.24) is 15.2 Å². The lowest BCUT2D eigenvalue weighted by atomic mass is 10.1. The van der Waals surface area contributed by atoms with Gasteiger partial charge in [0.15, 0.2) is 0 Å². The van der Waals surface area contributed by atoms with Gasteiger partial charge in [-0.1, -0.05) is 11.8 Å². The number of piperidine rings is 1. The van der Waals surface area contributed by atoms with Crippen LogP contribution in [0.3, 0.4) is 0 Å². The number of hydrogen-bond donors (Lipinski definition) is 2. The zero-order chi connectivity index (χ0) is 14.4. The molecule has 5 nitrogen and oxygen atoms in total. The number of likely N-dealkylation sites (tertiary alicyclic amines) is 1. The van der Waals surface area contributed by atoms with Crippen LogP contribution in [0.1, 0.15) is 28.9 Å². The average Bonchev–Trinajstić information content (AvgIpc) is 2.48. The van der Waals surface area contributed by atoms with E-state index in [1.807, 2.05) is 0 Å². The minimum Gasteiger partial charge on any atom is -0.348 e. The van der Waals surface area contributed by atoms with Crippen LogP contribution in [0.2, 0.25) is 0 Å². The van der Waals surface area contributed by atoms with Crippen LogP contribution in [0.25, 0.3) is 0 Å². The summed E-state index contributed by atoms with van der Waals surface area (Å²) in [5.41, 5.74) is 6.51. The lowest BCUT2D eigenvalue weighted by Crippen LogP contribution is -2.43. The quantitative estimate of drug-likeness (QED) is 0.755. The Morgan fingerprint density at radius 3 is 2.85 bits per heavy atom. The number of nitrogens with two attached hydrogens (primary N) is 1. The Balaban J connectivity index is 1.92. The van der Waals surface area contributed by atoms with Gasteiger partial charge in [0.05, 0.1) is 6.54 Å². The number of amides is 1. The van der Waals surface area contributed by atoms with Crippen molar-refractivity contribution in [2.24, 2.45) is 5.73 Å². The van der Waals surface area contributed by atoms with E-state index in [4.69, 9.17) is 5.73 Å². The Labute approximate surface area is 119 Å². The highest BCUT2D eigenvalue weighted by atomic mass is 16.1. The Morgan fingerprint density at radius 2 is 2.25 bits per heavy atom. The Kier molecular flexibility index (Phi) is 5.10. The van der Waals surface area contributed by atoms with E-state index in [0.29, 0.717) is 12.2 Å². The van der Waals surface area contributed by atoms with Crippen LogP contribution in [-0.4, -0.2) is 48.5 Å². The Morgan fingerprint density at radius 1 is 1.50 bits per heavy atom. The molecule has 1 aromatic heterocycles. The minimum absolute atomic E-state index is 0.113. The van der Waals surface area contributed by atoms with E-state index < -0.39 is 0 Å². The van der Waals surface area contributed by atoms with Crippen LogP contribution in [0, 0.1) is 11.8 Å². The molecular weight excluding hydrogens is 252 g/mol. The van der Waals surface area contributed by atoms with Crippen molar-refractivity contribution in [2.45, 2.75) is 18.9 Å². The first-order chi connectivity index (χ1) is 9.69. The number of carbonyl (C=O) groups excluding carboxylic acids is 1. The summed E-state index contributed by atoms with van der Waals surface area (Å²) in [5, 5.41) is 3.03. The van der Waals surface area contributed by atoms with Crippen LogP contribution in [0.4, 0.5) is 0 Å². The lowest BCUT2D eigenvalue weighted by Gasteiger charge is -2.29. The van der Waals surface area contributed by atoms with E-state index in [0.717, 1.165) is 31.5 Å². The molecule has 3 N–H and O–H groups in total. The van der Waals surface area contributed by atoms with Crippen molar-refractivity contribution in [2.75, 3.05) is 26.7 Å². The van der Waals surface area contributed by atoms with Crippen LogP contribution in [0.15, 0.2) is 18.3 Å². The molecule has 106 valence electrons. The van der Waals surface area contributed by atoms with Crippen LogP contribution in [0.5, 0.6) is 0 Å². The van der Waals surface area contributed by atoms with Crippen molar-refractivity contribution in [3.05, 3.63) is 29.6 Å². The molecule has 1 aliphatic rings. The standard InChI is InChI=1S/C15H20N4O/c1-19-9-6-13(7-10-19)18-15(20)14-5-4-12(11-17-14)3-2-8-16/h4-5,11,13H,6-10,16H2,1H3,(H,18,20). The van der Waals surface area contributed by atoms with Gasteiger partial charge < -0.3 is 16.0 Å². The molecule has 1 saturated heterocycles. The van der Waals surface area contributed by atoms with E-state index in [1.54, 1.807) is 18.3 Å². The van der Waals surface area contributed by atoms with Gasteiger partial charge in [0, 0.05) is 17.8 Å². The second-order valence-corrected chi connectivity index (χ2v) is 4.99. The average molecular weight is 272 g/mol. The first kappa shape index (κ1) is 14.5. The van der Waals surface area contributed by atoms with Crippen molar-refractivity contribution in [3.63, 3.8) is 0 Å². The Bertz CT molecular complexity index is 507. The van der Waals surface area contributed by atoms with Gasteiger partial charge in [-0.05, 0) is 45.1 Å². The molecule has 20 heavy (non-hydrogen) atoms. The summed E-state index contributed by atoms with van der Waals surface area (Å²) in [5.74, 6) is 5.52. The maximum absolute atomic E-state index is 12.1. The third-order valence-corrected chi connectivity index (χ3v) is 3.38. The van der Waals surface area contributed by atoms with E-state index in [9.17, 15) is 4.79 Å². The normalized spacial score (nSPS) is 16.3. The molecule has 1 aromatic rings. The molecule has 0 spiro atoms. The summed E-state index contributed by atoms with van der Waals surface area (Å²) in [7, 11) is 2.10. The molecule has 5 heteroatoms. The number of nitrogens with zero attached hydrogens (tertiary/aromatic N) is 2. The Hall–Kier alpha value is -1.90. The molecule has 1 fully saturated rings. The number of pyridine rings is 1. The highest BCUT2D eigenvalue weighted by Gasteiger charge is 2.19. The second-order valence-electron chi connectivity index (χ2n) is 4.99. The third-order valence-electron chi connectivity index (χ3n) is 3.38. The predicted molar refractivity (Wildman–Crippen MR) is 78.2 cm³/mol. The fourth-order valence-electron chi connectivity index (χ4n) is 2.17. The summed E-state index contributed by atoms with van der Waals surface area (Å²) in [6, 6.07) is 3.74. The number of hydrogen-bond acceptors (Lipinski definition) is 4. The molecule has 0 bridgehead atoms. The summed E-state index contributed by atoms with van der Waals surface area (Å²) in [4.78, 5) is 18.5. The smallest absolute Gasteiger partial charge is 0.270 e. The first-order valence-electron chi connectivity index (χ1n) is 6.83. The molecule has 2 heterocycles. The summed E-state index contributed by atoms with van der Waals surface area (Å²) >= 11 is 0. The van der Waals surface area contributed by atoms with Crippen molar-refractivity contribution in [3.8, 4) is 11.8 Å². The van der Waals surface area contributed by atoms with Crippen molar-refractivity contribution in [1.29, 1.82) is 0 Å². The third kappa shape index (κ3) is 4.05. The van der Waals surface area contributed by atoms with E-state index in [-0.39, 0.29) is 11.9 Å². The molecule has 2 rings (SSSR count). The van der Waals surface area contributed by atoms with Gasteiger partial charge in [-0.2, -0.15) is 0 Å². The summed E-state index contributed by atoms with van der Waals surface area (Å²) < 4.78 is 0. The van der Waals surface area contributed by atoms with Gasteiger partial charge in [0.25, 0.3) is 5.91 Å². The minimum atomic E-state index is -0.113. The number of aromatic nitrogens is 1. The van der Waals surface area contributed by atoms with E-state index >= 15 is 0 Å². The summed E-state index contributed by atoms with van der Waals surface area (Å²) in [6.45, 7) is 2.36. The zero-order valence-electron chi connectivity index (χ0n) is 11.7. The SMILES string of the molecule is CN1CCC(NC(=O)c2ccc(C#CCN)cn2)CC1. The number of carbonyl (C=O) groups is 1. The van der Waals surface area contributed by atoms with E-state index in [2.05, 4.69) is 34.1 Å². The van der Waals surface area contributed by atoms with Gasteiger partial charge in [0.2, 0.25) is 0 Å². The fourth-order valence-corrected chi connectivity index (χ4v) is 2.17. The molecule has 0 aromatic carbocycles. The number of rotatable bonds is 2.